The topological polar surface area (TPSA) is 40.5 Å². The van der Waals surface area contributed by atoms with Crippen LogP contribution in [0.25, 0.3) is 0 Å². The molecule has 0 saturated carbocycles. The van der Waals surface area contributed by atoms with Crippen molar-refractivity contribution < 1.29 is 10.2 Å². The Labute approximate surface area is 113 Å². The minimum absolute atomic E-state index is 0.158. The minimum Gasteiger partial charge on any atom is -0.384 e. The van der Waals surface area contributed by atoms with E-state index in [2.05, 4.69) is 18.8 Å². The average molecular weight is 254 g/mol. The molecule has 0 aromatic carbocycles. The zero-order valence-corrected chi connectivity index (χ0v) is 12.0. The van der Waals surface area contributed by atoms with Crippen LogP contribution >= 0.6 is 0 Å². The zero-order chi connectivity index (χ0) is 13.5. The minimum atomic E-state index is -0.550. The van der Waals surface area contributed by atoms with Gasteiger partial charge in [0.15, 0.2) is 0 Å². The van der Waals surface area contributed by atoms with E-state index in [1.807, 2.05) is 0 Å². The molecule has 1 unspecified atom stereocenters. The molecule has 18 heavy (non-hydrogen) atoms. The van der Waals surface area contributed by atoms with Gasteiger partial charge in [-0.1, -0.05) is 76.6 Å². The van der Waals surface area contributed by atoms with Crippen LogP contribution < -0.4 is 0 Å². The monoisotopic (exact) mass is 254 g/mol. The average Bonchev–Trinajstić information content (AvgIpc) is 2.38. The first-order valence-electron chi connectivity index (χ1n) is 7.58. The van der Waals surface area contributed by atoms with E-state index in [0.29, 0.717) is 0 Å². The molecule has 0 aliphatic carbocycles. The van der Waals surface area contributed by atoms with Gasteiger partial charge in [0.25, 0.3) is 0 Å². The van der Waals surface area contributed by atoms with Crippen LogP contribution in [-0.2, 0) is 0 Å². The summed E-state index contributed by atoms with van der Waals surface area (Å²) in [4.78, 5) is 0. The number of rotatable bonds is 11. The Bertz CT molecular complexity index is 215. The van der Waals surface area contributed by atoms with Gasteiger partial charge in [-0.15, -0.1) is 0 Å². The molecular weight excluding hydrogens is 224 g/mol. The molecule has 0 rings (SSSR count). The largest absolute Gasteiger partial charge is 0.384 e. The van der Waals surface area contributed by atoms with E-state index in [4.69, 9.17) is 5.11 Å². The summed E-state index contributed by atoms with van der Waals surface area (Å²) >= 11 is 0. The fourth-order valence-corrected chi connectivity index (χ4v) is 2.06. The van der Waals surface area contributed by atoms with Gasteiger partial charge in [0.1, 0.15) is 12.7 Å². The highest BCUT2D eigenvalue weighted by atomic mass is 16.3. The van der Waals surface area contributed by atoms with Gasteiger partial charge in [0.2, 0.25) is 0 Å². The van der Waals surface area contributed by atoms with Crippen LogP contribution in [0.4, 0.5) is 0 Å². The lowest BCUT2D eigenvalue weighted by molar-refractivity contribution is 0.216. The van der Waals surface area contributed by atoms with Crippen molar-refractivity contribution in [3.8, 4) is 11.8 Å². The molecule has 1 atom stereocenters. The first-order valence-corrected chi connectivity index (χ1v) is 7.58. The van der Waals surface area contributed by atoms with Gasteiger partial charge in [-0.3, -0.25) is 0 Å². The van der Waals surface area contributed by atoms with Gasteiger partial charge in [0.05, 0.1) is 0 Å². The summed E-state index contributed by atoms with van der Waals surface area (Å²) < 4.78 is 0. The third kappa shape index (κ3) is 13.5. The maximum atomic E-state index is 9.42. The summed E-state index contributed by atoms with van der Waals surface area (Å²) in [7, 11) is 0. The second-order valence-corrected chi connectivity index (χ2v) is 4.97. The van der Waals surface area contributed by atoms with E-state index in [-0.39, 0.29) is 6.61 Å². The van der Waals surface area contributed by atoms with Crippen molar-refractivity contribution in [2.45, 2.75) is 83.7 Å². The fourth-order valence-electron chi connectivity index (χ4n) is 2.06. The van der Waals surface area contributed by atoms with Crippen molar-refractivity contribution in [1.29, 1.82) is 0 Å². The summed E-state index contributed by atoms with van der Waals surface area (Å²) in [5.41, 5.74) is 0. The summed E-state index contributed by atoms with van der Waals surface area (Å²) in [6, 6.07) is 0. The second kappa shape index (κ2) is 14.5. The molecule has 0 aromatic rings. The number of hydrogen-bond acceptors (Lipinski definition) is 2. The highest BCUT2D eigenvalue weighted by Gasteiger charge is 1.98. The lowest BCUT2D eigenvalue weighted by Gasteiger charge is -2.04. The van der Waals surface area contributed by atoms with Crippen LogP contribution in [0.15, 0.2) is 0 Å². The van der Waals surface area contributed by atoms with Crippen LogP contribution in [0, 0.1) is 11.8 Å². The molecule has 0 radical (unpaired) electrons. The Morgan fingerprint density at radius 2 is 1.33 bits per heavy atom. The molecule has 0 spiro atoms. The Kier molecular flexibility index (Phi) is 14.1. The fraction of sp³-hybridized carbons (Fsp3) is 0.875. The van der Waals surface area contributed by atoms with Crippen molar-refractivity contribution in [2.75, 3.05) is 6.61 Å². The molecule has 0 amide bonds. The first-order chi connectivity index (χ1) is 8.81. The summed E-state index contributed by atoms with van der Waals surface area (Å²) in [5.74, 6) is 5.11. The molecule has 0 fully saturated rings. The van der Waals surface area contributed by atoms with E-state index in [1.165, 1.54) is 57.8 Å². The molecule has 0 aromatic heterocycles. The molecule has 0 aliphatic heterocycles. The number of unbranched alkanes of at least 4 members (excludes halogenated alkanes) is 9. The lowest BCUT2D eigenvalue weighted by atomic mass is 10.0. The predicted octanol–water partition coefficient (Wildman–Crippen LogP) is 3.65. The molecule has 0 aliphatic rings. The Morgan fingerprint density at radius 1 is 0.833 bits per heavy atom. The Morgan fingerprint density at radius 3 is 1.83 bits per heavy atom. The van der Waals surface area contributed by atoms with Crippen molar-refractivity contribution in [2.24, 2.45) is 0 Å². The Balaban J connectivity index is 3.11. The third-order valence-electron chi connectivity index (χ3n) is 3.18. The summed E-state index contributed by atoms with van der Waals surface area (Å²) in [5, 5.41) is 17.9. The molecule has 2 N–H and O–H groups in total. The standard InChI is InChI=1S/C16H30O2/c1-2-3-4-5-6-7-8-9-10-11-13-16(18)14-12-15-17/h16-18H,2-11,13,15H2,1H3. The molecule has 106 valence electrons. The highest BCUT2D eigenvalue weighted by molar-refractivity contribution is 5.04. The van der Waals surface area contributed by atoms with Crippen molar-refractivity contribution in [3.63, 3.8) is 0 Å². The first kappa shape index (κ1) is 17.5. The smallest absolute Gasteiger partial charge is 0.114 e. The Hall–Kier alpha value is -0.520. The van der Waals surface area contributed by atoms with Crippen molar-refractivity contribution >= 4 is 0 Å². The van der Waals surface area contributed by atoms with E-state index < -0.39 is 6.10 Å². The number of aliphatic hydroxyl groups excluding tert-OH is 2. The highest BCUT2D eigenvalue weighted by Crippen LogP contribution is 2.11. The lowest BCUT2D eigenvalue weighted by Crippen LogP contribution is -2.02. The van der Waals surface area contributed by atoms with Crippen LogP contribution in [0.1, 0.15) is 77.6 Å². The van der Waals surface area contributed by atoms with E-state index >= 15 is 0 Å². The summed E-state index contributed by atoms with van der Waals surface area (Å²) in [6.07, 6.45) is 13.2. The molecule has 2 nitrogen and oxygen atoms in total. The van der Waals surface area contributed by atoms with Gasteiger partial charge in [-0.2, -0.15) is 0 Å². The van der Waals surface area contributed by atoms with E-state index in [0.717, 1.165) is 12.8 Å². The zero-order valence-electron chi connectivity index (χ0n) is 12.0. The van der Waals surface area contributed by atoms with Gasteiger partial charge >= 0.3 is 0 Å². The molecule has 0 saturated heterocycles. The molecule has 2 heteroatoms. The van der Waals surface area contributed by atoms with Gasteiger partial charge in [-0.25, -0.2) is 0 Å². The van der Waals surface area contributed by atoms with Crippen LogP contribution in [-0.4, -0.2) is 22.9 Å². The van der Waals surface area contributed by atoms with Crippen molar-refractivity contribution in [3.05, 3.63) is 0 Å². The number of aliphatic hydroxyl groups is 2. The van der Waals surface area contributed by atoms with Crippen molar-refractivity contribution in [1.82, 2.24) is 0 Å². The summed E-state index contributed by atoms with van der Waals surface area (Å²) in [6.45, 7) is 2.09. The van der Waals surface area contributed by atoms with Crippen LogP contribution in [0.5, 0.6) is 0 Å². The maximum Gasteiger partial charge on any atom is 0.114 e. The molecule has 0 heterocycles. The molecular formula is C16H30O2. The van der Waals surface area contributed by atoms with Gasteiger partial charge in [-0.05, 0) is 12.8 Å². The SMILES string of the molecule is CCCCCCCCCCCCC(O)C#CCO. The predicted molar refractivity (Wildman–Crippen MR) is 77.3 cm³/mol. The van der Waals surface area contributed by atoms with E-state index in [1.54, 1.807) is 0 Å². The normalized spacial score (nSPS) is 11.9. The van der Waals surface area contributed by atoms with Crippen LogP contribution in [0.2, 0.25) is 0 Å². The molecule has 0 bridgehead atoms. The maximum absolute atomic E-state index is 9.42. The van der Waals surface area contributed by atoms with Gasteiger partial charge < -0.3 is 10.2 Å². The number of hydrogen-bond donors (Lipinski definition) is 2. The second-order valence-electron chi connectivity index (χ2n) is 4.97. The van der Waals surface area contributed by atoms with Crippen LogP contribution in [0.3, 0.4) is 0 Å². The van der Waals surface area contributed by atoms with Gasteiger partial charge in [0, 0.05) is 0 Å². The van der Waals surface area contributed by atoms with E-state index in [9.17, 15) is 5.11 Å². The quantitative estimate of drug-likeness (QED) is 0.436. The third-order valence-corrected chi connectivity index (χ3v) is 3.18.